The SMILES string of the molecule is CC(C)(C)OC(=O)NCCOc1cccc(SC2CS(=O)(=O)c3ccccc32)c1. The number of carbonyl (C=O) groups is 1. The summed E-state index contributed by atoms with van der Waals surface area (Å²) in [6, 6.07) is 14.7. The van der Waals surface area contributed by atoms with Gasteiger partial charge in [0.25, 0.3) is 0 Å². The van der Waals surface area contributed by atoms with Gasteiger partial charge in [-0.2, -0.15) is 0 Å². The second-order valence-corrected chi connectivity index (χ2v) is 11.0. The van der Waals surface area contributed by atoms with Crippen LogP contribution in [-0.4, -0.2) is 39.0 Å². The molecule has 1 unspecified atom stereocenters. The molecular weight excluding hydrogens is 410 g/mol. The molecule has 0 aromatic heterocycles. The Morgan fingerprint density at radius 3 is 2.69 bits per heavy atom. The first kappa shape index (κ1) is 21.5. The van der Waals surface area contributed by atoms with E-state index in [4.69, 9.17) is 9.47 Å². The van der Waals surface area contributed by atoms with Gasteiger partial charge in [-0.05, 0) is 50.6 Å². The van der Waals surface area contributed by atoms with Crippen LogP contribution < -0.4 is 10.1 Å². The number of hydrogen-bond acceptors (Lipinski definition) is 6. The molecule has 29 heavy (non-hydrogen) atoms. The molecule has 1 aliphatic heterocycles. The number of nitrogens with one attached hydrogen (secondary N) is 1. The predicted octanol–water partition coefficient (Wildman–Crippen LogP) is 4.21. The van der Waals surface area contributed by atoms with E-state index in [0.717, 1.165) is 10.5 Å². The predicted molar refractivity (Wildman–Crippen MR) is 113 cm³/mol. The lowest BCUT2D eigenvalue weighted by molar-refractivity contribution is 0.0520. The van der Waals surface area contributed by atoms with Gasteiger partial charge in [-0.1, -0.05) is 24.3 Å². The van der Waals surface area contributed by atoms with Gasteiger partial charge in [-0.15, -0.1) is 11.8 Å². The van der Waals surface area contributed by atoms with Gasteiger partial charge in [0.2, 0.25) is 0 Å². The summed E-state index contributed by atoms with van der Waals surface area (Å²) in [5.41, 5.74) is 0.313. The van der Waals surface area contributed by atoms with Gasteiger partial charge in [-0.3, -0.25) is 0 Å². The molecule has 2 aromatic rings. The Labute approximate surface area is 175 Å². The molecule has 6 nitrogen and oxygen atoms in total. The summed E-state index contributed by atoms with van der Waals surface area (Å²) in [4.78, 5) is 13.0. The molecule has 0 spiro atoms. The molecule has 3 rings (SSSR count). The number of hydrogen-bond donors (Lipinski definition) is 1. The zero-order valence-corrected chi connectivity index (χ0v) is 18.3. The summed E-state index contributed by atoms with van der Waals surface area (Å²) in [6.45, 7) is 6.04. The van der Waals surface area contributed by atoms with E-state index in [1.165, 1.54) is 11.8 Å². The highest BCUT2D eigenvalue weighted by Gasteiger charge is 2.34. The minimum absolute atomic E-state index is 0.0991. The molecule has 8 heteroatoms. The first-order valence-corrected chi connectivity index (χ1v) is 11.9. The molecule has 0 saturated carbocycles. The summed E-state index contributed by atoms with van der Waals surface area (Å²) in [5.74, 6) is 0.761. The van der Waals surface area contributed by atoms with Crippen molar-refractivity contribution in [2.75, 3.05) is 18.9 Å². The number of thioether (sulfide) groups is 1. The third-order valence-corrected chi connectivity index (χ3v) is 7.35. The van der Waals surface area contributed by atoms with Gasteiger partial charge >= 0.3 is 6.09 Å². The molecule has 0 saturated heterocycles. The maximum absolute atomic E-state index is 12.4. The molecule has 0 aliphatic carbocycles. The van der Waals surface area contributed by atoms with Crippen molar-refractivity contribution in [1.29, 1.82) is 0 Å². The maximum atomic E-state index is 12.4. The highest BCUT2D eigenvalue weighted by molar-refractivity contribution is 8.01. The minimum atomic E-state index is -3.23. The zero-order valence-electron chi connectivity index (χ0n) is 16.7. The summed E-state index contributed by atoms with van der Waals surface area (Å²) in [7, 11) is -3.23. The van der Waals surface area contributed by atoms with Crippen molar-refractivity contribution < 1.29 is 22.7 Å². The zero-order chi connectivity index (χ0) is 21.1. The van der Waals surface area contributed by atoms with E-state index in [1.807, 2.05) is 36.4 Å². The molecule has 1 amide bonds. The molecular formula is C21H25NO5S2. The number of fused-ring (bicyclic) bond motifs is 1. The van der Waals surface area contributed by atoms with Crippen LogP contribution in [0.4, 0.5) is 4.79 Å². The fourth-order valence-electron chi connectivity index (χ4n) is 2.94. The summed E-state index contributed by atoms with van der Waals surface area (Å²) in [6.07, 6.45) is -0.480. The van der Waals surface area contributed by atoms with Crippen LogP contribution in [0.2, 0.25) is 0 Å². The average molecular weight is 436 g/mol. The summed E-state index contributed by atoms with van der Waals surface area (Å²) in [5, 5.41) is 2.51. The third kappa shape index (κ3) is 5.90. The van der Waals surface area contributed by atoms with Crippen LogP contribution in [0.25, 0.3) is 0 Å². The van der Waals surface area contributed by atoms with E-state index in [9.17, 15) is 13.2 Å². The Morgan fingerprint density at radius 2 is 1.93 bits per heavy atom. The molecule has 1 aliphatic rings. The molecule has 0 fully saturated rings. The van der Waals surface area contributed by atoms with Crippen molar-refractivity contribution >= 4 is 27.7 Å². The fourth-order valence-corrected chi connectivity index (χ4v) is 6.44. The number of carbonyl (C=O) groups excluding carboxylic acids is 1. The van der Waals surface area contributed by atoms with Gasteiger partial charge < -0.3 is 14.8 Å². The molecule has 0 radical (unpaired) electrons. The highest BCUT2D eigenvalue weighted by atomic mass is 32.2. The van der Waals surface area contributed by atoms with E-state index in [1.54, 1.807) is 32.9 Å². The largest absolute Gasteiger partial charge is 0.492 e. The summed E-state index contributed by atoms with van der Waals surface area (Å²) < 4.78 is 35.6. The lowest BCUT2D eigenvalue weighted by Gasteiger charge is -2.19. The van der Waals surface area contributed by atoms with Crippen LogP contribution in [0.15, 0.2) is 58.3 Å². The van der Waals surface area contributed by atoms with Crippen LogP contribution in [0.3, 0.4) is 0 Å². The van der Waals surface area contributed by atoms with Gasteiger partial charge in [0.05, 0.1) is 22.4 Å². The van der Waals surface area contributed by atoms with Gasteiger partial charge in [0.15, 0.2) is 9.84 Å². The van der Waals surface area contributed by atoms with E-state index in [0.29, 0.717) is 23.8 Å². The van der Waals surface area contributed by atoms with Crippen LogP contribution in [-0.2, 0) is 14.6 Å². The lowest BCUT2D eigenvalue weighted by Crippen LogP contribution is -2.34. The fraction of sp³-hybridized carbons (Fsp3) is 0.381. The smallest absolute Gasteiger partial charge is 0.407 e. The second kappa shape index (κ2) is 8.67. The van der Waals surface area contributed by atoms with Crippen molar-refractivity contribution in [3.05, 3.63) is 54.1 Å². The molecule has 156 valence electrons. The third-order valence-electron chi connectivity index (χ3n) is 4.09. The summed E-state index contributed by atoms with van der Waals surface area (Å²) >= 11 is 1.51. The Hall–Kier alpha value is -2.19. The second-order valence-electron chi connectivity index (χ2n) is 7.68. The van der Waals surface area contributed by atoms with Crippen molar-refractivity contribution in [2.45, 2.75) is 41.4 Å². The van der Waals surface area contributed by atoms with E-state index in [-0.39, 0.29) is 11.0 Å². The molecule has 1 atom stereocenters. The van der Waals surface area contributed by atoms with Crippen molar-refractivity contribution in [2.24, 2.45) is 0 Å². The number of benzene rings is 2. The van der Waals surface area contributed by atoms with Crippen LogP contribution in [0.5, 0.6) is 5.75 Å². The van der Waals surface area contributed by atoms with Gasteiger partial charge in [0, 0.05) is 4.90 Å². The Balaban J connectivity index is 1.55. The lowest BCUT2D eigenvalue weighted by atomic mass is 10.2. The number of sulfone groups is 1. The van der Waals surface area contributed by atoms with Crippen LogP contribution in [0, 0.1) is 0 Å². The van der Waals surface area contributed by atoms with Gasteiger partial charge in [0.1, 0.15) is 18.0 Å². The van der Waals surface area contributed by atoms with Crippen LogP contribution >= 0.6 is 11.8 Å². The number of alkyl carbamates (subject to hydrolysis) is 1. The Bertz CT molecular complexity index is 983. The number of amides is 1. The molecule has 0 bridgehead atoms. The minimum Gasteiger partial charge on any atom is -0.492 e. The van der Waals surface area contributed by atoms with Crippen molar-refractivity contribution in [1.82, 2.24) is 5.32 Å². The average Bonchev–Trinajstić information content (AvgIpc) is 2.88. The number of ether oxygens (including phenoxy) is 2. The molecule has 1 heterocycles. The standard InChI is InChI=1S/C21H25NO5S2/c1-21(2,3)27-20(23)22-11-12-26-15-7-6-8-16(13-15)28-18-14-29(24,25)19-10-5-4-9-17(18)19/h4-10,13,18H,11-12,14H2,1-3H3,(H,22,23). The molecule has 2 aromatic carbocycles. The van der Waals surface area contributed by atoms with E-state index < -0.39 is 21.5 Å². The van der Waals surface area contributed by atoms with E-state index in [2.05, 4.69) is 5.32 Å². The van der Waals surface area contributed by atoms with Crippen LogP contribution in [0.1, 0.15) is 31.6 Å². The Morgan fingerprint density at radius 1 is 1.17 bits per heavy atom. The maximum Gasteiger partial charge on any atom is 0.407 e. The monoisotopic (exact) mass is 435 g/mol. The quantitative estimate of drug-likeness (QED) is 0.685. The first-order valence-electron chi connectivity index (χ1n) is 9.32. The van der Waals surface area contributed by atoms with E-state index >= 15 is 0 Å². The van der Waals surface area contributed by atoms with Gasteiger partial charge in [-0.25, -0.2) is 13.2 Å². The topological polar surface area (TPSA) is 81.7 Å². The number of rotatable bonds is 6. The molecule has 1 N–H and O–H groups in total. The normalized spacial score (nSPS) is 17.4. The highest BCUT2D eigenvalue weighted by Crippen LogP contribution is 2.45. The Kier molecular flexibility index (Phi) is 6.43. The van der Waals surface area contributed by atoms with Crippen molar-refractivity contribution in [3.63, 3.8) is 0 Å². The van der Waals surface area contributed by atoms with Crippen molar-refractivity contribution in [3.8, 4) is 5.75 Å². The first-order chi connectivity index (χ1) is 13.6.